The van der Waals surface area contributed by atoms with Gasteiger partial charge < -0.3 is 10.0 Å². The van der Waals surface area contributed by atoms with Crippen LogP contribution in [-0.4, -0.2) is 30.5 Å². The van der Waals surface area contributed by atoms with Gasteiger partial charge in [-0.3, -0.25) is 5.32 Å². The monoisotopic (exact) mass is 204 g/mol. The van der Waals surface area contributed by atoms with Crippen LogP contribution in [0.5, 0.6) is 0 Å². The molecule has 1 aromatic carbocycles. The van der Waals surface area contributed by atoms with E-state index in [0.29, 0.717) is 0 Å². The van der Waals surface area contributed by atoms with E-state index in [1.54, 1.807) is 0 Å². The fraction of sp³-hybridized carbons (Fsp3) is 0.500. The average Bonchev–Trinajstić information content (AvgIpc) is 2.54. The molecule has 2 atom stereocenters. The van der Waals surface area contributed by atoms with Crippen LogP contribution in [0.2, 0.25) is 0 Å². The molecule has 0 radical (unpaired) electrons. The highest BCUT2D eigenvalue weighted by atomic mass is 16.3. The minimum Gasteiger partial charge on any atom is -0.376 e. The first-order valence-corrected chi connectivity index (χ1v) is 5.62. The highest BCUT2D eigenvalue weighted by molar-refractivity contribution is 5.59. The molecule has 1 aromatic rings. The predicted molar refractivity (Wildman–Crippen MR) is 59.9 cm³/mol. The normalized spacial score (nSPS) is 29.5. The van der Waals surface area contributed by atoms with Gasteiger partial charge in [0.25, 0.3) is 0 Å². The number of rotatable bonds is 0. The highest BCUT2D eigenvalue weighted by Crippen LogP contribution is 2.33. The Morgan fingerprint density at radius 2 is 2.20 bits per heavy atom. The van der Waals surface area contributed by atoms with Crippen molar-refractivity contribution in [1.29, 1.82) is 0 Å². The standard InChI is InChI=1S/C12H16N2O/c15-12-11-8-9-4-1-2-5-10(9)14(11)7-3-6-13-12/h1-2,4-5,11-13,15H,3,6-8H2. The van der Waals surface area contributed by atoms with Gasteiger partial charge in [-0.05, 0) is 31.0 Å². The Morgan fingerprint density at radius 1 is 1.33 bits per heavy atom. The minimum atomic E-state index is -0.389. The maximum absolute atomic E-state index is 9.98. The Balaban J connectivity index is 1.98. The molecule has 3 nitrogen and oxygen atoms in total. The first kappa shape index (κ1) is 9.19. The van der Waals surface area contributed by atoms with Gasteiger partial charge in [-0.2, -0.15) is 0 Å². The lowest BCUT2D eigenvalue weighted by molar-refractivity contribution is 0.116. The number of aliphatic hydroxyl groups is 1. The molecule has 0 aromatic heterocycles. The second-order valence-electron chi connectivity index (χ2n) is 4.35. The van der Waals surface area contributed by atoms with Crippen LogP contribution in [0.15, 0.2) is 24.3 Å². The molecule has 80 valence electrons. The van der Waals surface area contributed by atoms with E-state index in [2.05, 4.69) is 34.5 Å². The molecule has 3 rings (SSSR count). The van der Waals surface area contributed by atoms with E-state index in [-0.39, 0.29) is 12.3 Å². The van der Waals surface area contributed by atoms with Crippen LogP contribution in [0.3, 0.4) is 0 Å². The molecule has 2 N–H and O–H groups in total. The summed E-state index contributed by atoms with van der Waals surface area (Å²) >= 11 is 0. The zero-order chi connectivity index (χ0) is 10.3. The van der Waals surface area contributed by atoms with Gasteiger partial charge in [0.05, 0.1) is 6.04 Å². The minimum absolute atomic E-state index is 0.227. The number of fused-ring (bicyclic) bond motifs is 3. The van der Waals surface area contributed by atoms with Gasteiger partial charge in [0.2, 0.25) is 0 Å². The van der Waals surface area contributed by atoms with E-state index in [1.807, 2.05) is 0 Å². The third-order valence-electron chi connectivity index (χ3n) is 3.42. The van der Waals surface area contributed by atoms with Crippen molar-refractivity contribution in [2.75, 3.05) is 18.0 Å². The molecule has 2 unspecified atom stereocenters. The fourth-order valence-electron chi connectivity index (χ4n) is 2.68. The molecule has 2 heterocycles. The third-order valence-corrected chi connectivity index (χ3v) is 3.42. The Labute approximate surface area is 89.7 Å². The van der Waals surface area contributed by atoms with E-state index in [4.69, 9.17) is 0 Å². The van der Waals surface area contributed by atoms with Gasteiger partial charge in [-0.25, -0.2) is 0 Å². The SMILES string of the molecule is OC1NCCCN2c3ccccc3CC12. The van der Waals surface area contributed by atoms with Crippen molar-refractivity contribution in [2.45, 2.75) is 25.1 Å². The van der Waals surface area contributed by atoms with E-state index in [1.165, 1.54) is 11.3 Å². The topological polar surface area (TPSA) is 35.5 Å². The van der Waals surface area contributed by atoms with Gasteiger partial charge in [-0.15, -0.1) is 0 Å². The molecule has 0 aliphatic carbocycles. The third kappa shape index (κ3) is 1.43. The molecule has 0 bridgehead atoms. The summed E-state index contributed by atoms with van der Waals surface area (Å²) in [7, 11) is 0. The number of para-hydroxylation sites is 1. The molecule has 0 saturated carbocycles. The van der Waals surface area contributed by atoms with Crippen LogP contribution in [0.1, 0.15) is 12.0 Å². The number of hydrogen-bond donors (Lipinski definition) is 2. The summed E-state index contributed by atoms with van der Waals surface area (Å²) in [5.41, 5.74) is 2.68. The van der Waals surface area contributed by atoms with Gasteiger partial charge in [0.15, 0.2) is 0 Å². The molecule has 0 amide bonds. The van der Waals surface area contributed by atoms with Gasteiger partial charge in [0, 0.05) is 12.2 Å². The molecule has 2 aliphatic rings. The Bertz CT molecular complexity index is 366. The number of aliphatic hydroxyl groups excluding tert-OH is 1. The molecule has 3 heteroatoms. The lowest BCUT2D eigenvalue weighted by atomic mass is 10.1. The van der Waals surface area contributed by atoms with Crippen LogP contribution < -0.4 is 10.2 Å². The van der Waals surface area contributed by atoms with Crippen molar-refractivity contribution in [3.05, 3.63) is 29.8 Å². The lowest BCUT2D eigenvalue weighted by Gasteiger charge is -2.27. The van der Waals surface area contributed by atoms with E-state index >= 15 is 0 Å². The van der Waals surface area contributed by atoms with Crippen molar-refractivity contribution in [2.24, 2.45) is 0 Å². The quantitative estimate of drug-likeness (QED) is 0.654. The van der Waals surface area contributed by atoms with Gasteiger partial charge >= 0.3 is 0 Å². The summed E-state index contributed by atoms with van der Waals surface area (Å²) < 4.78 is 0. The maximum atomic E-state index is 9.98. The largest absolute Gasteiger partial charge is 0.376 e. The fourth-order valence-corrected chi connectivity index (χ4v) is 2.68. The van der Waals surface area contributed by atoms with Crippen LogP contribution in [0.4, 0.5) is 5.69 Å². The zero-order valence-corrected chi connectivity index (χ0v) is 8.69. The summed E-state index contributed by atoms with van der Waals surface area (Å²) in [5, 5.41) is 13.1. The zero-order valence-electron chi connectivity index (χ0n) is 8.69. The molecule has 1 saturated heterocycles. The lowest BCUT2D eigenvalue weighted by Crippen LogP contribution is -2.46. The number of nitrogens with zero attached hydrogens (tertiary/aromatic N) is 1. The molecular weight excluding hydrogens is 188 g/mol. The van der Waals surface area contributed by atoms with Crippen molar-refractivity contribution in [3.63, 3.8) is 0 Å². The summed E-state index contributed by atoms with van der Waals surface area (Å²) in [6, 6.07) is 8.70. The Hall–Kier alpha value is -1.06. The molecule has 1 fully saturated rings. The maximum Gasteiger partial charge on any atom is 0.125 e. The molecular formula is C12H16N2O. The summed E-state index contributed by atoms with van der Waals surface area (Å²) in [6.07, 6.45) is 1.67. The molecule has 0 spiro atoms. The van der Waals surface area contributed by atoms with Gasteiger partial charge in [0.1, 0.15) is 6.23 Å². The number of benzene rings is 1. The highest BCUT2D eigenvalue weighted by Gasteiger charge is 2.34. The second kappa shape index (κ2) is 3.51. The molecule has 2 aliphatic heterocycles. The Kier molecular flexibility index (Phi) is 2.15. The first-order valence-electron chi connectivity index (χ1n) is 5.62. The van der Waals surface area contributed by atoms with Crippen LogP contribution in [0.25, 0.3) is 0 Å². The van der Waals surface area contributed by atoms with E-state index in [0.717, 1.165) is 25.9 Å². The van der Waals surface area contributed by atoms with E-state index in [9.17, 15) is 5.11 Å². The van der Waals surface area contributed by atoms with Crippen molar-refractivity contribution in [1.82, 2.24) is 5.32 Å². The second-order valence-corrected chi connectivity index (χ2v) is 4.35. The summed E-state index contributed by atoms with van der Waals surface area (Å²) in [4.78, 5) is 2.35. The summed E-state index contributed by atoms with van der Waals surface area (Å²) in [5.74, 6) is 0. The van der Waals surface area contributed by atoms with E-state index < -0.39 is 0 Å². The van der Waals surface area contributed by atoms with Crippen LogP contribution >= 0.6 is 0 Å². The van der Waals surface area contributed by atoms with Gasteiger partial charge in [-0.1, -0.05) is 18.2 Å². The first-order chi connectivity index (χ1) is 7.36. The molecule has 15 heavy (non-hydrogen) atoms. The Morgan fingerprint density at radius 3 is 3.13 bits per heavy atom. The predicted octanol–water partition coefficient (Wildman–Crippen LogP) is 0.729. The number of hydrogen-bond acceptors (Lipinski definition) is 3. The summed E-state index contributed by atoms with van der Waals surface area (Å²) in [6.45, 7) is 1.96. The number of anilines is 1. The van der Waals surface area contributed by atoms with Crippen LogP contribution in [-0.2, 0) is 6.42 Å². The van der Waals surface area contributed by atoms with Crippen molar-refractivity contribution < 1.29 is 5.11 Å². The number of nitrogens with one attached hydrogen (secondary N) is 1. The average molecular weight is 204 g/mol. The van der Waals surface area contributed by atoms with Crippen molar-refractivity contribution in [3.8, 4) is 0 Å². The van der Waals surface area contributed by atoms with Crippen molar-refractivity contribution >= 4 is 5.69 Å². The smallest absolute Gasteiger partial charge is 0.125 e. The van der Waals surface area contributed by atoms with Crippen LogP contribution in [0, 0.1) is 0 Å².